The van der Waals surface area contributed by atoms with E-state index >= 15 is 0 Å². The summed E-state index contributed by atoms with van der Waals surface area (Å²) in [6.07, 6.45) is 5.30. The number of hydrogen-bond acceptors (Lipinski definition) is 4. The van der Waals surface area contributed by atoms with Crippen molar-refractivity contribution in [3.63, 3.8) is 0 Å². The first-order valence-electron chi connectivity index (χ1n) is 8.19. The molecule has 126 valence electrons. The Kier molecular flexibility index (Phi) is 3.72. The molecule has 3 heterocycles. The van der Waals surface area contributed by atoms with Gasteiger partial charge in [-0.2, -0.15) is 0 Å². The van der Waals surface area contributed by atoms with Gasteiger partial charge in [-0.1, -0.05) is 30.3 Å². The van der Waals surface area contributed by atoms with Crippen LogP contribution in [0.4, 0.5) is 0 Å². The summed E-state index contributed by atoms with van der Waals surface area (Å²) in [6.45, 7) is 2.77. The first kappa shape index (κ1) is 15.4. The fraction of sp³-hybridized carbons (Fsp3) is 0.211. The first-order valence-corrected chi connectivity index (χ1v) is 8.19. The predicted molar refractivity (Wildman–Crippen MR) is 95.5 cm³/mol. The maximum atomic E-state index is 12.5. The average Bonchev–Trinajstić information content (AvgIpc) is 3.17. The molecule has 0 N–H and O–H groups in total. The number of rotatable bonds is 4. The number of aryl methyl sites for hydroxylation is 1. The number of carbonyl (C=O) groups excluding carboxylic acids is 1. The van der Waals surface area contributed by atoms with Crippen molar-refractivity contribution >= 4 is 28.0 Å². The van der Waals surface area contributed by atoms with E-state index in [1.54, 1.807) is 19.4 Å². The minimum Gasteiger partial charge on any atom is -0.462 e. The number of imidazole rings is 1. The summed E-state index contributed by atoms with van der Waals surface area (Å²) in [5.41, 5.74) is 4.07. The third-order valence-electron chi connectivity index (χ3n) is 4.25. The second kappa shape index (κ2) is 6.05. The monoisotopic (exact) mass is 334 g/mol. The fourth-order valence-electron chi connectivity index (χ4n) is 3.15. The molecule has 6 nitrogen and oxygen atoms in total. The summed E-state index contributed by atoms with van der Waals surface area (Å²) in [5, 5.41) is 0.784. The number of nitrogens with zero attached hydrogens (tertiary/aromatic N) is 4. The van der Waals surface area contributed by atoms with Crippen LogP contribution in [0.15, 0.2) is 49.1 Å². The second-order valence-electron chi connectivity index (χ2n) is 5.92. The SMILES string of the molecule is CCOC(=O)c1cn(Cc2ccccc2)c2ncc3ncn(C)c3c12. The van der Waals surface area contributed by atoms with Crippen molar-refractivity contribution in [3.05, 3.63) is 60.2 Å². The molecule has 0 amide bonds. The molecule has 0 radical (unpaired) electrons. The van der Waals surface area contributed by atoms with Gasteiger partial charge in [-0.25, -0.2) is 14.8 Å². The number of fused-ring (bicyclic) bond motifs is 3. The zero-order valence-corrected chi connectivity index (χ0v) is 14.1. The highest BCUT2D eigenvalue weighted by Gasteiger charge is 2.21. The molecule has 0 bridgehead atoms. The van der Waals surface area contributed by atoms with Gasteiger partial charge in [0.15, 0.2) is 0 Å². The van der Waals surface area contributed by atoms with E-state index in [0.717, 1.165) is 27.6 Å². The van der Waals surface area contributed by atoms with Crippen molar-refractivity contribution in [3.8, 4) is 0 Å². The summed E-state index contributed by atoms with van der Waals surface area (Å²) >= 11 is 0. The van der Waals surface area contributed by atoms with Gasteiger partial charge in [0.2, 0.25) is 0 Å². The van der Waals surface area contributed by atoms with Crippen molar-refractivity contribution in [1.29, 1.82) is 0 Å². The van der Waals surface area contributed by atoms with Crippen molar-refractivity contribution in [2.45, 2.75) is 13.5 Å². The molecule has 0 aliphatic heterocycles. The molecule has 1 aromatic carbocycles. The number of carbonyl (C=O) groups is 1. The summed E-state index contributed by atoms with van der Waals surface area (Å²) in [4.78, 5) is 21.4. The van der Waals surface area contributed by atoms with E-state index in [4.69, 9.17) is 4.74 Å². The molecule has 0 atom stereocenters. The normalized spacial score (nSPS) is 11.3. The molecule has 0 saturated carbocycles. The number of aromatic nitrogens is 4. The first-order chi connectivity index (χ1) is 12.2. The Balaban J connectivity index is 1.96. The highest BCUT2D eigenvalue weighted by molar-refractivity contribution is 6.13. The molecule has 0 saturated heterocycles. The number of hydrogen-bond donors (Lipinski definition) is 0. The lowest BCUT2D eigenvalue weighted by Crippen LogP contribution is -2.04. The largest absolute Gasteiger partial charge is 0.462 e. The minimum absolute atomic E-state index is 0.332. The van der Waals surface area contributed by atoms with Crippen LogP contribution in [0.2, 0.25) is 0 Å². The van der Waals surface area contributed by atoms with E-state index in [2.05, 4.69) is 22.1 Å². The Labute approximate surface area is 144 Å². The molecule has 3 aromatic heterocycles. The standard InChI is InChI=1S/C19H18N4O2/c1-3-25-19(24)14-11-23(10-13-7-5-4-6-8-13)18-16(14)17-15(9-20-18)21-12-22(17)2/h4-9,11-12H,3,10H2,1-2H3. The molecule has 0 spiro atoms. The quantitative estimate of drug-likeness (QED) is 0.538. The van der Waals surface area contributed by atoms with E-state index in [-0.39, 0.29) is 5.97 Å². The zero-order valence-electron chi connectivity index (χ0n) is 14.1. The van der Waals surface area contributed by atoms with Crippen LogP contribution in [0.1, 0.15) is 22.8 Å². The number of pyridine rings is 1. The molecular formula is C19H18N4O2. The Bertz CT molecular complexity index is 1060. The smallest absolute Gasteiger partial charge is 0.340 e. The molecule has 0 aliphatic rings. The Morgan fingerprint density at radius 2 is 2.00 bits per heavy atom. The van der Waals surface area contributed by atoms with Crippen LogP contribution < -0.4 is 0 Å². The summed E-state index contributed by atoms with van der Waals surface area (Å²) in [6, 6.07) is 10.1. The molecule has 0 fully saturated rings. The van der Waals surface area contributed by atoms with Crippen LogP contribution in [0, 0.1) is 0 Å². The molecule has 4 rings (SSSR count). The van der Waals surface area contributed by atoms with Crippen LogP contribution in [-0.2, 0) is 18.3 Å². The molecule has 4 aromatic rings. The van der Waals surface area contributed by atoms with Gasteiger partial charge in [0.25, 0.3) is 0 Å². The summed E-state index contributed by atoms with van der Waals surface area (Å²) in [7, 11) is 1.91. The maximum absolute atomic E-state index is 12.5. The van der Waals surface area contributed by atoms with Gasteiger partial charge < -0.3 is 13.9 Å². The third-order valence-corrected chi connectivity index (χ3v) is 4.25. The fourth-order valence-corrected chi connectivity index (χ4v) is 3.15. The van der Waals surface area contributed by atoms with E-state index in [0.29, 0.717) is 18.7 Å². The van der Waals surface area contributed by atoms with Gasteiger partial charge >= 0.3 is 5.97 Å². The maximum Gasteiger partial charge on any atom is 0.340 e. The molecule has 25 heavy (non-hydrogen) atoms. The van der Waals surface area contributed by atoms with Crippen molar-refractivity contribution in [2.75, 3.05) is 6.61 Å². The van der Waals surface area contributed by atoms with Gasteiger partial charge in [0, 0.05) is 19.8 Å². The molecule has 0 unspecified atom stereocenters. The zero-order chi connectivity index (χ0) is 17.4. The Hall–Kier alpha value is -3.15. The van der Waals surface area contributed by atoms with E-state index in [1.165, 1.54) is 0 Å². The lowest BCUT2D eigenvalue weighted by atomic mass is 10.2. The number of benzene rings is 1. The van der Waals surface area contributed by atoms with Gasteiger partial charge in [0.05, 0.1) is 35.6 Å². The van der Waals surface area contributed by atoms with Crippen LogP contribution in [0.25, 0.3) is 22.1 Å². The highest BCUT2D eigenvalue weighted by atomic mass is 16.5. The second-order valence-corrected chi connectivity index (χ2v) is 5.92. The van der Waals surface area contributed by atoms with Gasteiger partial charge in [0.1, 0.15) is 11.2 Å². The predicted octanol–water partition coefficient (Wildman–Crippen LogP) is 3.15. The molecule has 6 heteroatoms. The van der Waals surface area contributed by atoms with Crippen LogP contribution in [-0.4, -0.2) is 31.7 Å². The number of ether oxygens (including phenoxy) is 1. The Morgan fingerprint density at radius 3 is 2.76 bits per heavy atom. The highest BCUT2D eigenvalue weighted by Crippen LogP contribution is 2.28. The van der Waals surface area contributed by atoms with Gasteiger partial charge in [-0.15, -0.1) is 0 Å². The van der Waals surface area contributed by atoms with Gasteiger partial charge in [-0.05, 0) is 12.5 Å². The van der Waals surface area contributed by atoms with Gasteiger partial charge in [-0.3, -0.25) is 0 Å². The lowest BCUT2D eigenvalue weighted by Gasteiger charge is -2.05. The summed E-state index contributed by atoms with van der Waals surface area (Å²) in [5.74, 6) is -0.338. The third kappa shape index (κ3) is 2.55. The van der Waals surface area contributed by atoms with Crippen LogP contribution in [0.3, 0.4) is 0 Å². The van der Waals surface area contributed by atoms with E-state index < -0.39 is 0 Å². The Morgan fingerprint density at radius 1 is 1.20 bits per heavy atom. The topological polar surface area (TPSA) is 61.9 Å². The minimum atomic E-state index is -0.338. The summed E-state index contributed by atoms with van der Waals surface area (Å²) < 4.78 is 9.16. The van der Waals surface area contributed by atoms with Crippen molar-refractivity contribution in [1.82, 2.24) is 19.1 Å². The average molecular weight is 334 g/mol. The molecular weight excluding hydrogens is 316 g/mol. The number of esters is 1. The van der Waals surface area contributed by atoms with Crippen molar-refractivity contribution in [2.24, 2.45) is 7.05 Å². The molecule has 0 aliphatic carbocycles. The lowest BCUT2D eigenvalue weighted by molar-refractivity contribution is 0.0528. The van der Waals surface area contributed by atoms with Crippen LogP contribution >= 0.6 is 0 Å². The van der Waals surface area contributed by atoms with E-state index in [9.17, 15) is 4.79 Å². The van der Waals surface area contributed by atoms with Crippen LogP contribution in [0.5, 0.6) is 0 Å². The van der Waals surface area contributed by atoms with Crippen molar-refractivity contribution < 1.29 is 9.53 Å². The van der Waals surface area contributed by atoms with E-state index in [1.807, 2.05) is 40.6 Å².